The van der Waals surface area contributed by atoms with Crippen molar-refractivity contribution in [2.24, 2.45) is 7.05 Å². The molecule has 5 nitrogen and oxygen atoms in total. The molecule has 86 valence electrons. The Labute approximate surface area is 90.4 Å². The molecular formula is C10H19N3O2. The van der Waals surface area contributed by atoms with E-state index in [0.717, 1.165) is 5.82 Å². The van der Waals surface area contributed by atoms with E-state index >= 15 is 0 Å². The summed E-state index contributed by atoms with van der Waals surface area (Å²) in [6.45, 7) is 2.70. The Morgan fingerprint density at radius 1 is 1.47 bits per heavy atom. The maximum Gasteiger partial charge on any atom is 0.169 e. The molecule has 1 aromatic heterocycles. The number of nitrogens with one attached hydrogen (secondary N) is 1. The van der Waals surface area contributed by atoms with Crippen molar-refractivity contribution in [1.29, 1.82) is 0 Å². The summed E-state index contributed by atoms with van der Waals surface area (Å²) in [4.78, 5) is 4.26. The second-order valence-corrected chi connectivity index (χ2v) is 3.43. The molecule has 1 N–H and O–H groups in total. The van der Waals surface area contributed by atoms with Crippen LogP contribution in [0.3, 0.4) is 0 Å². The minimum Gasteiger partial charge on any atom is -0.355 e. The van der Waals surface area contributed by atoms with Gasteiger partial charge in [-0.15, -0.1) is 0 Å². The normalized spacial score (nSPS) is 13.4. The molecule has 0 fully saturated rings. The number of rotatable bonds is 6. The third-order valence-electron chi connectivity index (χ3n) is 2.36. The number of methoxy groups -OCH3 is 2. The summed E-state index contributed by atoms with van der Waals surface area (Å²) in [6, 6.07) is 0.179. The molecule has 0 saturated heterocycles. The van der Waals surface area contributed by atoms with Gasteiger partial charge in [-0.2, -0.15) is 0 Å². The summed E-state index contributed by atoms with van der Waals surface area (Å²) >= 11 is 0. The van der Waals surface area contributed by atoms with Crippen LogP contribution in [0.2, 0.25) is 0 Å². The number of nitrogens with zero attached hydrogens (tertiary/aromatic N) is 2. The van der Waals surface area contributed by atoms with Gasteiger partial charge in [0.15, 0.2) is 6.29 Å². The van der Waals surface area contributed by atoms with E-state index in [1.54, 1.807) is 20.4 Å². The number of aryl methyl sites for hydroxylation is 1. The van der Waals surface area contributed by atoms with Crippen LogP contribution in [0.15, 0.2) is 12.4 Å². The standard InChI is InChI=1S/C10H19N3O2/c1-8(10-11-5-6-13(10)2)12-7-9(14-3)15-4/h5-6,8-9,12H,7H2,1-4H3. The molecule has 0 spiro atoms. The topological polar surface area (TPSA) is 48.3 Å². The molecule has 0 amide bonds. The van der Waals surface area contributed by atoms with E-state index in [2.05, 4.69) is 17.2 Å². The van der Waals surface area contributed by atoms with Crippen molar-refractivity contribution < 1.29 is 9.47 Å². The first-order valence-corrected chi connectivity index (χ1v) is 4.95. The largest absolute Gasteiger partial charge is 0.355 e. The van der Waals surface area contributed by atoms with Crippen molar-refractivity contribution >= 4 is 0 Å². The highest BCUT2D eigenvalue weighted by Gasteiger charge is 2.12. The fourth-order valence-electron chi connectivity index (χ4n) is 1.42. The lowest BCUT2D eigenvalue weighted by atomic mass is 10.3. The minimum absolute atomic E-state index is 0.179. The zero-order chi connectivity index (χ0) is 11.3. The second kappa shape index (κ2) is 5.85. The summed E-state index contributed by atoms with van der Waals surface area (Å²) in [5, 5.41) is 3.29. The van der Waals surface area contributed by atoms with E-state index in [-0.39, 0.29) is 12.3 Å². The molecule has 1 unspecified atom stereocenters. The number of imidazole rings is 1. The molecule has 0 aliphatic rings. The van der Waals surface area contributed by atoms with E-state index in [0.29, 0.717) is 6.54 Å². The van der Waals surface area contributed by atoms with Gasteiger partial charge in [0.25, 0.3) is 0 Å². The molecule has 0 bridgehead atoms. The fourth-order valence-corrected chi connectivity index (χ4v) is 1.42. The Kier molecular flexibility index (Phi) is 4.74. The van der Waals surface area contributed by atoms with Gasteiger partial charge >= 0.3 is 0 Å². The van der Waals surface area contributed by atoms with Crippen molar-refractivity contribution in [2.75, 3.05) is 20.8 Å². The molecule has 1 heterocycles. The van der Waals surface area contributed by atoms with Crippen LogP contribution in [0.5, 0.6) is 0 Å². The second-order valence-electron chi connectivity index (χ2n) is 3.43. The lowest BCUT2D eigenvalue weighted by molar-refractivity contribution is -0.0998. The summed E-state index contributed by atoms with van der Waals surface area (Å²) in [7, 11) is 5.23. The van der Waals surface area contributed by atoms with Crippen molar-refractivity contribution in [3.63, 3.8) is 0 Å². The third kappa shape index (κ3) is 3.30. The highest BCUT2D eigenvalue weighted by Crippen LogP contribution is 2.08. The molecule has 1 atom stereocenters. The van der Waals surface area contributed by atoms with Crippen molar-refractivity contribution in [3.05, 3.63) is 18.2 Å². The van der Waals surface area contributed by atoms with Gasteiger partial charge < -0.3 is 19.4 Å². The molecular weight excluding hydrogens is 194 g/mol. The van der Waals surface area contributed by atoms with Gasteiger partial charge in [0, 0.05) is 40.2 Å². The van der Waals surface area contributed by atoms with Gasteiger partial charge in [-0.25, -0.2) is 4.98 Å². The molecule has 15 heavy (non-hydrogen) atoms. The minimum atomic E-state index is -0.215. The highest BCUT2D eigenvalue weighted by atomic mass is 16.7. The van der Waals surface area contributed by atoms with E-state index in [1.165, 1.54) is 0 Å². The Bertz CT molecular complexity index is 284. The van der Waals surface area contributed by atoms with E-state index in [9.17, 15) is 0 Å². The van der Waals surface area contributed by atoms with Crippen LogP contribution >= 0.6 is 0 Å². The third-order valence-corrected chi connectivity index (χ3v) is 2.36. The monoisotopic (exact) mass is 213 g/mol. The SMILES string of the molecule is COC(CNC(C)c1nccn1C)OC. The first kappa shape index (κ1) is 12.2. The fraction of sp³-hybridized carbons (Fsp3) is 0.700. The van der Waals surface area contributed by atoms with Gasteiger partial charge in [0.2, 0.25) is 0 Å². The molecule has 0 aliphatic heterocycles. The Hall–Kier alpha value is -0.910. The molecule has 1 rings (SSSR count). The number of ether oxygens (including phenoxy) is 2. The van der Waals surface area contributed by atoms with Crippen molar-refractivity contribution in [3.8, 4) is 0 Å². The lowest BCUT2D eigenvalue weighted by Gasteiger charge is -2.18. The molecule has 0 aliphatic carbocycles. The summed E-state index contributed by atoms with van der Waals surface area (Å²) in [5.74, 6) is 1.00. The van der Waals surface area contributed by atoms with Crippen LogP contribution in [-0.2, 0) is 16.5 Å². The first-order chi connectivity index (χ1) is 7.19. The highest BCUT2D eigenvalue weighted by molar-refractivity contribution is 4.96. The van der Waals surface area contributed by atoms with Crippen LogP contribution in [-0.4, -0.2) is 36.6 Å². The average Bonchev–Trinajstić information content (AvgIpc) is 2.66. The van der Waals surface area contributed by atoms with Crippen LogP contribution in [0.1, 0.15) is 18.8 Å². The van der Waals surface area contributed by atoms with Gasteiger partial charge in [-0.1, -0.05) is 0 Å². The quantitative estimate of drug-likeness (QED) is 0.706. The predicted octanol–water partition coefficient (Wildman–Crippen LogP) is 0.690. The van der Waals surface area contributed by atoms with Crippen LogP contribution < -0.4 is 5.32 Å². The van der Waals surface area contributed by atoms with Gasteiger partial charge in [0.1, 0.15) is 5.82 Å². The van der Waals surface area contributed by atoms with Crippen LogP contribution in [0.4, 0.5) is 0 Å². The number of hydrogen-bond donors (Lipinski definition) is 1. The predicted molar refractivity (Wildman–Crippen MR) is 57.4 cm³/mol. The molecule has 0 aromatic carbocycles. The van der Waals surface area contributed by atoms with Crippen LogP contribution in [0.25, 0.3) is 0 Å². The average molecular weight is 213 g/mol. The Morgan fingerprint density at radius 2 is 2.13 bits per heavy atom. The molecule has 0 saturated carbocycles. The van der Waals surface area contributed by atoms with Crippen molar-refractivity contribution in [2.45, 2.75) is 19.3 Å². The smallest absolute Gasteiger partial charge is 0.169 e. The van der Waals surface area contributed by atoms with Gasteiger partial charge in [-0.3, -0.25) is 0 Å². The van der Waals surface area contributed by atoms with Crippen LogP contribution in [0, 0.1) is 0 Å². The van der Waals surface area contributed by atoms with Crippen molar-refractivity contribution in [1.82, 2.24) is 14.9 Å². The van der Waals surface area contributed by atoms with Gasteiger partial charge in [-0.05, 0) is 6.92 Å². The molecule has 5 heteroatoms. The summed E-state index contributed by atoms with van der Waals surface area (Å²) in [5.41, 5.74) is 0. The summed E-state index contributed by atoms with van der Waals surface area (Å²) in [6.07, 6.45) is 3.50. The maximum absolute atomic E-state index is 5.09. The maximum atomic E-state index is 5.09. The van der Waals surface area contributed by atoms with E-state index < -0.39 is 0 Å². The molecule has 1 aromatic rings. The summed E-state index contributed by atoms with van der Waals surface area (Å²) < 4.78 is 12.2. The Morgan fingerprint density at radius 3 is 2.60 bits per heavy atom. The zero-order valence-electron chi connectivity index (χ0n) is 9.73. The number of hydrogen-bond acceptors (Lipinski definition) is 4. The molecule has 0 radical (unpaired) electrons. The number of aromatic nitrogens is 2. The van der Waals surface area contributed by atoms with Gasteiger partial charge in [0.05, 0.1) is 6.04 Å². The lowest BCUT2D eigenvalue weighted by Crippen LogP contribution is -2.32. The Balaban J connectivity index is 2.42. The van der Waals surface area contributed by atoms with E-state index in [1.807, 2.05) is 17.8 Å². The zero-order valence-corrected chi connectivity index (χ0v) is 9.73. The first-order valence-electron chi connectivity index (χ1n) is 4.95. The van der Waals surface area contributed by atoms with E-state index in [4.69, 9.17) is 9.47 Å².